The van der Waals surface area contributed by atoms with E-state index in [0.29, 0.717) is 12.8 Å². The quantitative estimate of drug-likeness (QED) is 0.536. The second kappa shape index (κ2) is 2.49. The maximum absolute atomic E-state index is 12.5. The van der Waals surface area contributed by atoms with E-state index in [4.69, 9.17) is 0 Å². The fraction of sp³-hybridized carbons (Fsp3) is 1.00. The molecule has 1 heterocycles. The van der Waals surface area contributed by atoms with Gasteiger partial charge in [-0.3, -0.25) is 0 Å². The second-order valence-corrected chi connectivity index (χ2v) is 5.28. The molecular weight excluding hydrogens is 155 g/mol. The van der Waals surface area contributed by atoms with E-state index in [1.807, 2.05) is 0 Å². The molecule has 10 heavy (non-hydrogen) atoms. The minimum absolute atomic E-state index is 0.270. The van der Waals surface area contributed by atoms with Crippen LogP contribution in [0.25, 0.3) is 0 Å². The molecule has 0 aromatic carbocycles. The SMILES string of the molecule is CC1CCC(F)CS1(=O)=O. The van der Waals surface area contributed by atoms with Crippen molar-refractivity contribution < 1.29 is 12.8 Å². The zero-order valence-corrected chi connectivity index (χ0v) is 6.70. The Morgan fingerprint density at radius 2 is 2.00 bits per heavy atom. The summed E-state index contributed by atoms with van der Waals surface area (Å²) in [7, 11) is -3.09. The number of sulfone groups is 1. The van der Waals surface area contributed by atoms with Crippen molar-refractivity contribution >= 4 is 9.84 Å². The highest BCUT2D eigenvalue weighted by atomic mass is 32.2. The van der Waals surface area contributed by atoms with Gasteiger partial charge in [-0.25, -0.2) is 12.8 Å². The Bertz CT molecular complexity index is 210. The van der Waals surface area contributed by atoms with Gasteiger partial charge in [0.05, 0.1) is 11.0 Å². The maximum atomic E-state index is 12.5. The van der Waals surface area contributed by atoms with Crippen molar-refractivity contribution in [3.05, 3.63) is 0 Å². The summed E-state index contributed by atoms with van der Waals surface area (Å²) in [6.07, 6.45) is -0.245. The molecule has 4 heteroatoms. The predicted octanol–water partition coefficient (Wildman–Crippen LogP) is 0.922. The molecule has 0 saturated carbocycles. The third kappa shape index (κ3) is 1.48. The number of hydrogen-bond donors (Lipinski definition) is 0. The Balaban J connectivity index is 2.74. The van der Waals surface area contributed by atoms with Crippen LogP contribution in [0, 0.1) is 0 Å². The van der Waals surface area contributed by atoms with Gasteiger partial charge in [0, 0.05) is 0 Å². The van der Waals surface area contributed by atoms with Crippen LogP contribution in [-0.2, 0) is 9.84 Å². The van der Waals surface area contributed by atoms with Gasteiger partial charge in [-0.05, 0) is 19.8 Å². The van der Waals surface area contributed by atoms with Gasteiger partial charge in [0.2, 0.25) is 0 Å². The highest BCUT2D eigenvalue weighted by Crippen LogP contribution is 2.20. The van der Waals surface area contributed by atoms with Crippen LogP contribution in [0.15, 0.2) is 0 Å². The maximum Gasteiger partial charge on any atom is 0.155 e. The first kappa shape index (κ1) is 7.98. The second-order valence-electron chi connectivity index (χ2n) is 2.81. The van der Waals surface area contributed by atoms with Crippen LogP contribution in [0.4, 0.5) is 4.39 Å². The average molecular weight is 166 g/mol. The molecule has 0 N–H and O–H groups in total. The largest absolute Gasteiger partial charge is 0.246 e. The summed E-state index contributed by atoms with van der Waals surface area (Å²) < 4.78 is 34.4. The fourth-order valence-electron chi connectivity index (χ4n) is 1.09. The number of alkyl halides is 1. The van der Waals surface area contributed by atoms with E-state index in [2.05, 4.69) is 0 Å². The molecule has 1 saturated heterocycles. The highest BCUT2D eigenvalue weighted by Gasteiger charge is 2.30. The van der Waals surface area contributed by atoms with Gasteiger partial charge in [-0.15, -0.1) is 0 Å². The number of halogens is 1. The lowest BCUT2D eigenvalue weighted by molar-refractivity contribution is 0.322. The van der Waals surface area contributed by atoms with Crippen molar-refractivity contribution in [3.8, 4) is 0 Å². The van der Waals surface area contributed by atoms with Crippen molar-refractivity contribution in [3.63, 3.8) is 0 Å². The molecule has 1 aliphatic heterocycles. The molecule has 60 valence electrons. The normalized spacial score (nSPS) is 39.4. The van der Waals surface area contributed by atoms with E-state index in [1.54, 1.807) is 6.92 Å². The van der Waals surface area contributed by atoms with Crippen LogP contribution in [-0.4, -0.2) is 25.6 Å². The molecule has 0 aromatic rings. The summed E-state index contributed by atoms with van der Waals surface area (Å²) in [6, 6.07) is 0. The molecule has 2 unspecified atom stereocenters. The van der Waals surface area contributed by atoms with Crippen molar-refractivity contribution in [2.24, 2.45) is 0 Å². The molecule has 2 nitrogen and oxygen atoms in total. The molecule has 0 aliphatic carbocycles. The number of hydrogen-bond acceptors (Lipinski definition) is 2. The summed E-state index contributed by atoms with van der Waals surface area (Å²) in [5.74, 6) is -0.270. The Labute approximate surface area is 60.3 Å². The first-order valence-electron chi connectivity index (χ1n) is 3.38. The van der Waals surface area contributed by atoms with E-state index >= 15 is 0 Å². The summed E-state index contributed by atoms with van der Waals surface area (Å²) >= 11 is 0. The van der Waals surface area contributed by atoms with Crippen molar-refractivity contribution in [1.82, 2.24) is 0 Å². The van der Waals surface area contributed by atoms with E-state index < -0.39 is 16.0 Å². The zero-order valence-electron chi connectivity index (χ0n) is 5.88. The third-order valence-corrected chi connectivity index (χ3v) is 4.20. The third-order valence-electron chi connectivity index (χ3n) is 1.91. The topological polar surface area (TPSA) is 34.1 Å². The van der Waals surface area contributed by atoms with Gasteiger partial charge in [-0.1, -0.05) is 0 Å². The van der Waals surface area contributed by atoms with Crippen molar-refractivity contribution in [2.75, 3.05) is 5.75 Å². The summed E-state index contributed by atoms with van der Waals surface area (Å²) in [5, 5.41) is -0.334. The Morgan fingerprint density at radius 1 is 1.40 bits per heavy atom. The molecule has 0 aromatic heterocycles. The lowest BCUT2D eigenvalue weighted by atomic mass is 10.2. The molecule has 1 fully saturated rings. The smallest absolute Gasteiger partial charge is 0.155 e. The Hall–Kier alpha value is -0.120. The average Bonchev–Trinajstić information content (AvgIpc) is 1.78. The van der Waals surface area contributed by atoms with E-state index in [9.17, 15) is 12.8 Å². The standard InChI is InChI=1S/C6H11FO2S/c1-5-2-3-6(7)4-10(5,8)9/h5-6H,2-4H2,1H3. The van der Waals surface area contributed by atoms with Crippen LogP contribution in [0.5, 0.6) is 0 Å². The van der Waals surface area contributed by atoms with Crippen LogP contribution in [0.3, 0.4) is 0 Å². The Kier molecular flexibility index (Phi) is 1.99. The number of rotatable bonds is 0. The van der Waals surface area contributed by atoms with Crippen LogP contribution < -0.4 is 0 Å². The van der Waals surface area contributed by atoms with Crippen LogP contribution in [0.2, 0.25) is 0 Å². The molecule has 1 rings (SSSR count). The molecule has 0 amide bonds. The van der Waals surface area contributed by atoms with Crippen molar-refractivity contribution in [2.45, 2.75) is 31.2 Å². The molecule has 2 atom stereocenters. The van der Waals surface area contributed by atoms with Gasteiger partial charge in [0.15, 0.2) is 9.84 Å². The lowest BCUT2D eigenvalue weighted by Crippen LogP contribution is -2.32. The van der Waals surface area contributed by atoms with Crippen molar-refractivity contribution in [1.29, 1.82) is 0 Å². The first-order valence-corrected chi connectivity index (χ1v) is 5.09. The summed E-state index contributed by atoms with van der Waals surface area (Å²) in [6.45, 7) is 1.64. The molecule has 0 radical (unpaired) electrons. The zero-order chi connectivity index (χ0) is 7.78. The fourth-order valence-corrected chi connectivity index (χ4v) is 2.59. The summed E-state index contributed by atoms with van der Waals surface area (Å²) in [4.78, 5) is 0. The monoisotopic (exact) mass is 166 g/mol. The molecule has 1 aliphatic rings. The van der Waals surface area contributed by atoms with E-state index in [0.717, 1.165) is 0 Å². The minimum Gasteiger partial charge on any atom is -0.246 e. The highest BCUT2D eigenvalue weighted by molar-refractivity contribution is 7.92. The van der Waals surface area contributed by atoms with Gasteiger partial charge in [0.1, 0.15) is 6.17 Å². The predicted molar refractivity (Wildman–Crippen MR) is 37.4 cm³/mol. The van der Waals surface area contributed by atoms with E-state index in [1.165, 1.54) is 0 Å². The molecule has 0 bridgehead atoms. The van der Waals surface area contributed by atoms with Gasteiger partial charge < -0.3 is 0 Å². The van der Waals surface area contributed by atoms with Gasteiger partial charge in [0.25, 0.3) is 0 Å². The minimum atomic E-state index is -3.09. The van der Waals surface area contributed by atoms with E-state index in [-0.39, 0.29) is 11.0 Å². The van der Waals surface area contributed by atoms with Crippen LogP contribution in [0.1, 0.15) is 19.8 Å². The summed E-state index contributed by atoms with van der Waals surface area (Å²) in [5.41, 5.74) is 0. The van der Waals surface area contributed by atoms with Crippen LogP contribution >= 0.6 is 0 Å². The Morgan fingerprint density at radius 3 is 2.40 bits per heavy atom. The lowest BCUT2D eigenvalue weighted by Gasteiger charge is -2.20. The van der Waals surface area contributed by atoms with Gasteiger partial charge >= 0.3 is 0 Å². The first-order chi connectivity index (χ1) is 4.52. The van der Waals surface area contributed by atoms with Gasteiger partial charge in [-0.2, -0.15) is 0 Å². The molecule has 0 spiro atoms. The molecular formula is C6H11FO2S.